The summed E-state index contributed by atoms with van der Waals surface area (Å²) in [5, 5.41) is 19.9. The molecule has 1 unspecified atom stereocenters. The zero-order valence-corrected chi connectivity index (χ0v) is 11.5. The van der Waals surface area contributed by atoms with Gasteiger partial charge in [0.2, 0.25) is 0 Å². The van der Waals surface area contributed by atoms with E-state index in [0.29, 0.717) is 13.1 Å². The Labute approximate surface area is 121 Å². The van der Waals surface area contributed by atoms with Crippen molar-refractivity contribution in [1.82, 2.24) is 4.90 Å². The first-order valence-corrected chi connectivity index (χ1v) is 6.74. The first kappa shape index (κ1) is 14.7. The van der Waals surface area contributed by atoms with Crippen LogP contribution in [0, 0.1) is 16.0 Å². The number of amides is 1. The number of nitrogens with zero attached hydrogens (tertiary/aromatic N) is 2. The molecule has 1 fully saturated rings. The summed E-state index contributed by atoms with van der Waals surface area (Å²) in [5.74, 6) is -0.160. The van der Waals surface area contributed by atoms with Crippen molar-refractivity contribution in [3.05, 3.63) is 38.9 Å². The normalized spacial score (nSPS) is 18.9. The highest BCUT2D eigenvalue weighted by Crippen LogP contribution is 2.25. The number of nitro groups is 1. The molecule has 0 bridgehead atoms. The highest BCUT2D eigenvalue weighted by atomic mass is 35.5. The summed E-state index contributed by atoms with van der Waals surface area (Å²) in [6.45, 7) is 1.16. The number of rotatable bonds is 3. The second-order valence-corrected chi connectivity index (χ2v) is 5.27. The van der Waals surface area contributed by atoms with E-state index in [1.807, 2.05) is 0 Å². The van der Waals surface area contributed by atoms with Crippen molar-refractivity contribution < 1.29 is 14.8 Å². The van der Waals surface area contributed by atoms with Gasteiger partial charge in [-0.2, -0.15) is 0 Å². The van der Waals surface area contributed by atoms with E-state index in [1.165, 1.54) is 18.2 Å². The summed E-state index contributed by atoms with van der Waals surface area (Å²) >= 11 is 5.96. The Hall–Kier alpha value is -1.66. The molecule has 0 saturated carbocycles. The minimum Gasteiger partial charge on any atom is -0.396 e. The molecule has 0 aromatic heterocycles. The molecule has 1 atom stereocenters. The van der Waals surface area contributed by atoms with E-state index in [0.717, 1.165) is 12.8 Å². The highest BCUT2D eigenvalue weighted by Gasteiger charge is 2.25. The van der Waals surface area contributed by atoms with Crippen LogP contribution in [-0.4, -0.2) is 40.5 Å². The molecular weight excluding hydrogens is 284 g/mol. The SMILES string of the molecule is O=C(c1ccc([N+](=O)[O-])cc1Cl)N1CCCC(CO)C1. The number of carbonyl (C=O) groups excluding carboxylic acids is 1. The van der Waals surface area contributed by atoms with Gasteiger partial charge in [0, 0.05) is 31.8 Å². The van der Waals surface area contributed by atoms with Crippen molar-refractivity contribution in [2.75, 3.05) is 19.7 Å². The van der Waals surface area contributed by atoms with Crippen LogP contribution < -0.4 is 0 Å². The Morgan fingerprint density at radius 1 is 1.55 bits per heavy atom. The fourth-order valence-corrected chi connectivity index (χ4v) is 2.62. The molecule has 1 aromatic rings. The number of aliphatic hydroxyl groups excluding tert-OH is 1. The molecule has 1 aromatic carbocycles. The lowest BCUT2D eigenvalue weighted by Gasteiger charge is -2.32. The highest BCUT2D eigenvalue weighted by molar-refractivity contribution is 6.34. The number of aliphatic hydroxyl groups is 1. The van der Waals surface area contributed by atoms with Gasteiger partial charge >= 0.3 is 0 Å². The summed E-state index contributed by atoms with van der Waals surface area (Å²) in [6.07, 6.45) is 1.73. The third kappa shape index (κ3) is 3.08. The third-order valence-corrected chi connectivity index (χ3v) is 3.77. The van der Waals surface area contributed by atoms with E-state index in [2.05, 4.69) is 0 Å². The summed E-state index contributed by atoms with van der Waals surface area (Å²) in [4.78, 5) is 24.1. The minimum absolute atomic E-state index is 0.0533. The van der Waals surface area contributed by atoms with Gasteiger partial charge in [-0.25, -0.2) is 0 Å². The van der Waals surface area contributed by atoms with Crippen LogP contribution in [0.5, 0.6) is 0 Å². The summed E-state index contributed by atoms with van der Waals surface area (Å²) in [7, 11) is 0. The molecule has 7 heteroatoms. The topological polar surface area (TPSA) is 83.7 Å². The Balaban J connectivity index is 2.18. The number of piperidine rings is 1. The first-order chi connectivity index (χ1) is 9.52. The first-order valence-electron chi connectivity index (χ1n) is 6.37. The Morgan fingerprint density at radius 3 is 2.90 bits per heavy atom. The summed E-state index contributed by atoms with van der Waals surface area (Å²) in [5.41, 5.74) is 0.120. The zero-order valence-electron chi connectivity index (χ0n) is 10.8. The van der Waals surface area contributed by atoms with Gasteiger partial charge in [0.1, 0.15) is 0 Å². The molecule has 2 rings (SSSR count). The molecule has 108 valence electrons. The maximum Gasteiger partial charge on any atom is 0.270 e. The number of carbonyl (C=O) groups is 1. The van der Waals surface area contributed by atoms with Gasteiger partial charge in [-0.15, -0.1) is 0 Å². The van der Waals surface area contributed by atoms with E-state index in [9.17, 15) is 20.0 Å². The lowest BCUT2D eigenvalue weighted by molar-refractivity contribution is -0.384. The van der Waals surface area contributed by atoms with Crippen LogP contribution in [-0.2, 0) is 0 Å². The van der Waals surface area contributed by atoms with Crippen LogP contribution in [0.15, 0.2) is 18.2 Å². The predicted octanol–water partition coefficient (Wildman–Crippen LogP) is 2.09. The van der Waals surface area contributed by atoms with Gasteiger partial charge in [-0.05, 0) is 24.8 Å². The summed E-state index contributed by atoms with van der Waals surface area (Å²) < 4.78 is 0. The average molecular weight is 299 g/mol. The van der Waals surface area contributed by atoms with Crippen LogP contribution in [0.25, 0.3) is 0 Å². The molecule has 0 spiro atoms. The van der Waals surface area contributed by atoms with Gasteiger partial charge in [-0.1, -0.05) is 11.6 Å². The van der Waals surface area contributed by atoms with Gasteiger partial charge in [0.05, 0.1) is 15.5 Å². The molecule has 1 aliphatic heterocycles. The molecular formula is C13H15ClN2O4. The number of hydrogen-bond donors (Lipinski definition) is 1. The van der Waals surface area contributed by atoms with Crippen LogP contribution in [0.3, 0.4) is 0 Å². The van der Waals surface area contributed by atoms with E-state index < -0.39 is 4.92 Å². The number of halogens is 1. The van der Waals surface area contributed by atoms with E-state index in [-0.39, 0.29) is 34.7 Å². The Morgan fingerprint density at radius 2 is 2.30 bits per heavy atom. The van der Waals surface area contributed by atoms with Gasteiger partial charge in [-0.3, -0.25) is 14.9 Å². The van der Waals surface area contributed by atoms with Crippen molar-refractivity contribution in [3.8, 4) is 0 Å². The quantitative estimate of drug-likeness (QED) is 0.684. The molecule has 0 aliphatic carbocycles. The van der Waals surface area contributed by atoms with Crippen molar-refractivity contribution in [3.63, 3.8) is 0 Å². The van der Waals surface area contributed by atoms with Gasteiger partial charge in [0.25, 0.3) is 11.6 Å². The maximum absolute atomic E-state index is 12.4. The van der Waals surface area contributed by atoms with Crippen LogP contribution in [0.1, 0.15) is 23.2 Å². The minimum atomic E-state index is -0.553. The molecule has 0 radical (unpaired) electrons. The molecule has 1 amide bonds. The number of nitro benzene ring substituents is 1. The van der Waals surface area contributed by atoms with Gasteiger partial charge in [0.15, 0.2) is 0 Å². The number of likely N-dealkylation sites (tertiary alicyclic amines) is 1. The molecule has 1 heterocycles. The molecule has 1 saturated heterocycles. The molecule has 1 aliphatic rings. The predicted molar refractivity (Wildman–Crippen MR) is 73.8 cm³/mol. The monoisotopic (exact) mass is 298 g/mol. The average Bonchev–Trinajstić information content (AvgIpc) is 2.46. The van der Waals surface area contributed by atoms with Crippen LogP contribution >= 0.6 is 11.6 Å². The van der Waals surface area contributed by atoms with Crippen molar-refractivity contribution in [2.24, 2.45) is 5.92 Å². The maximum atomic E-state index is 12.4. The Bertz CT molecular complexity index is 535. The van der Waals surface area contributed by atoms with Crippen molar-refractivity contribution in [2.45, 2.75) is 12.8 Å². The number of hydrogen-bond acceptors (Lipinski definition) is 4. The van der Waals surface area contributed by atoms with Crippen molar-refractivity contribution in [1.29, 1.82) is 0 Å². The fourth-order valence-electron chi connectivity index (χ4n) is 2.36. The largest absolute Gasteiger partial charge is 0.396 e. The standard InChI is InChI=1S/C13H15ClN2O4/c14-12-6-10(16(19)20)3-4-11(12)13(18)15-5-1-2-9(7-15)8-17/h3-4,6,9,17H,1-2,5,7-8H2. The fraction of sp³-hybridized carbons (Fsp3) is 0.462. The Kier molecular flexibility index (Phi) is 4.57. The van der Waals surface area contributed by atoms with E-state index in [4.69, 9.17) is 11.6 Å². The smallest absolute Gasteiger partial charge is 0.270 e. The third-order valence-electron chi connectivity index (χ3n) is 3.46. The summed E-state index contributed by atoms with van der Waals surface area (Å²) in [6, 6.07) is 3.83. The van der Waals surface area contributed by atoms with E-state index >= 15 is 0 Å². The van der Waals surface area contributed by atoms with E-state index in [1.54, 1.807) is 4.90 Å². The van der Waals surface area contributed by atoms with Crippen LogP contribution in [0.2, 0.25) is 5.02 Å². The number of benzene rings is 1. The lowest BCUT2D eigenvalue weighted by Crippen LogP contribution is -2.41. The lowest BCUT2D eigenvalue weighted by atomic mass is 9.98. The van der Waals surface area contributed by atoms with Gasteiger partial charge < -0.3 is 10.0 Å². The second-order valence-electron chi connectivity index (χ2n) is 4.86. The van der Waals surface area contributed by atoms with Crippen molar-refractivity contribution >= 4 is 23.2 Å². The second kappa shape index (κ2) is 6.19. The zero-order chi connectivity index (χ0) is 14.7. The molecule has 6 nitrogen and oxygen atoms in total. The number of non-ortho nitro benzene ring substituents is 1. The van der Waals surface area contributed by atoms with Crippen LogP contribution in [0.4, 0.5) is 5.69 Å². The molecule has 20 heavy (non-hydrogen) atoms. The molecule has 1 N–H and O–H groups in total.